The Morgan fingerprint density at radius 3 is 2.80 bits per heavy atom. The smallest absolute Gasteiger partial charge is 0.277 e. The highest BCUT2D eigenvalue weighted by Crippen LogP contribution is 2.30. The number of carbonyl (C=O) groups excluding carboxylic acids is 1. The fourth-order valence-electron chi connectivity index (χ4n) is 2.56. The summed E-state index contributed by atoms with van der Waals surface area (Å²) in [6.45, 7) is 0.687. The number of rotatable bonds is 7. The maximum absolute atomic E-state index is 12.6. The molecule has 1 amide bonds. The van der Waals surface area contributed by atoms with Gasteiger partial charge in [0.05, 0.1) is 5.75 Å². The standard InChI is InChI=1S/C18H17N3O2S2/c22-16(21(15-6-7-15)10-13-8-9-24-11-13)12-25-18-20-19-17(23-18)14-4-2-1-3-5-14/h1-5,8-9,11,15H,6-7,10,12H2. The van der Waals surface area contributed by atoms with Gasteiger partial charge >= 0.3 is 0 Å². The molecule has 5 nitrogen and oxygen atoms in total. The third-order valence-electron chi connectivity index (χ3n) is 3.99. The van der Waals surface area contributed by atoms with E-state index in [1.807, 2.05) is 40.6 Å². The molecule has 1 saturated carbocycles. The van der Waals surface area contributed by atoms with E-state index in [4.69, 9.17) is 4.42 Å². The van der Waals surface area contributed by atoms with E-state index in [1.165, 1.54) is 17.3 Å². The predicted molar refractivity (Wildman–Crippen MR) is 98.3 cm³/mol. The van der Waals surface area contributed by atoms with Gasteiger partial charge in [-0.25, -0.2) is 0 Å². The third-order valence-corrected chi connectivity index (χ3v) is 5.52. The molecule has 2 aromatic heterocycles. The summed E-state index contributed by atoms with van der Waals surface area (Å²) in [5, 5.41) is 12.7. The lowest BCUT2D eigenvalue weighted by Crippen LogP contribution is -2.33. The fourth-order valence-corrected chi connectivity index (χ4v) is 3.87. The van der Waals surface area contributed by atoms with Crippen molar-refractivity contribution in [2.24, 2.45) is 0 Å². The maximum atomic E-state index is 12.6. The van der Waals surface area contributed by atoms with Gasteiger partial charge in [-0.15, -0.1) is 10.2 Å². The number of thiophene rings is 1. The minimum Gasteiger partial charge on any atom is -0.411 e. The Kier molecular flexibility index (Phi) is 4.85. The van der Waals surface area contributed by atoms with Crippen LogP contribution in [-0.2, 0) is 11.3 Å². The molecule has 0 spiro atoms. The molecule has 1 aliphatic rings. The first-order valence-corrected chi connectivity index (χ1v) is 10.0. The average Bonchev–Trinajstić information content (AvgIpc) is 3.16. The van der Waals surface area contributed by atoms with Crippen LogP contribution in [0.2, 0.25) is 0 Å². The van der Waals surface area contributed by atoms with E-state index in [9.17, 15) is 4.79 Å². The van der Waals surface area contributed by atoms with Gasteiger partial charge in [-0.2, -0.15) is 11.3 Å². The van der Waals surface area contributed by atoms with Crippen LogP contribution >= 0.6 is 23.1 Å². The summed E-state index contributed by atoms with van der Waals surface area (Å²) in [4.78, 5) is 14.6. The Balaban J connectivity index is 1.37. The van der Waals surface area contributed by atoms with Crippen molar-refractivity contribution in [2.45, 2.75) is 30.7 Å². The molecule has 128 valence electrons. The molecule has 0 unspecified atom stereocenters. The highest BCUT2D eigenvalue weighted by atomic mass is 32.2. The third kappa shape index (κ3) is 4.11. The van der Waals surface area contributed by atoms with Crippen molar-refractivity contribution >= 4 is 29.0 Å². The number of thioether (sulfide) groups is 1. The number of aromatic nitrogens is 2. The normalized spacial score (nSPS) is 13.8. The molecule has 0 radical (unpaired) electrons. The topological polar surface area (TPSA) is 59.2 Å². The van der Waals surface area contributed by atoms with Crippen LogP contribution in [0, 0.1) is 0 Å². The Hall–Kier alpha value is -2.12. The van der Waals surface area contributed by atoms with E-state index in [2.05, 4.69) is 21.6 Å². The van der Waals surface area contributed by atoms with Crippen LogP contribution in [-0.4, -0.2) is 32.8 Å². The van der Waals surface area contributed by atoms with Crippen molar-refractivity contribution in [1.82, 2.24) is 15.1 Å². The Morgan fingerprint density at radius 1 is 1.24 bits per heavy atom. The molecule has 1 aromatic carbocycles. The highest BCUT2D eigenvalue weighted by Gasteiger charge is 2.32. The maximum Gasteiger partial charge on any atom is 0.277 e. The van der Waals surface area contributed by atoms with Crippen molar-refractivity contribution in [3.63, 3.8) is 0 Å². The van der Waals surface area contributed by atoms with Gasteiger partial charge in [-0.3, -0.25) is 4.79 Å². The van der Waals surface area contributed by atoms with E-state index >= 15 is 0 Å². The van der Waals surface area contributed by atoms with Crippen LogP contribution < -0.4 is 0 Å². The lowest BCUT2D eigenvalue weighted by molar-refractivity contribution is -0.129. The number of benzene rings is 1. The summed E-state index contributed by atoms with van der Waals surface area (Å²) in [5.74, 6) is 0.919. The molecule has 0 aliphatic heterocycles. The fraction of sp³-hybridized carbons (Fsp3) is 0.278. The highest BCUT2D eigenvalue weighted by molar-refractivity contribution is 7.99. The van der Waals surface area contributed by atoms with Crippen molar-refractivity contribution in [2.75, 3.05) is 5.75 Å². The SMILES string of the molecule is O=C(CSc1nnc(-c2ccccc2)o1)N(Cc1ccsc1)C1CC1. The van der Waals surface area contributed by atoms with Crippen LogP contribution in [0.3, 0.4) is 0 Å². The summed E-state index contributed by atoms with van der Waals surface area (Å²) >= 11 is 2.96. The van der Waals surface area contributed by atoms with Gasteiger partial charge in [0.25, 0.3) is 5.22 Å². The van der Waals surface area contributed by atoms with Gasteiger partial charge < -0.3 is 9.32 Å². The quantitative estimate of drug-likeness (QED) is 0.586. The summed E-state index contributed by atoms with van der Waals surface area (Å²) in [6.07, 6.45) is 2.19. The minimum atomic E-state index is 0.123. The molecule has 2 heterocycles. The summed E-state index contributed by atoms with van der Waals surface area (Å²) < 4.78 is 5.65. The first-order chi connectivity index (χ1) is 12.3. The lowest BCUT2D eigenvalue weighted by Gasteiger charge is -2.21. The number of carbonyl (C=O) groups is 1. The van der Waals surface area contributed by atoms with Crippen molar-refractivity contribution in [3.05, 3.63) is 52.7 Å². The average molecular weight is 371 g/mol. The van der Waals surface area contributed by atoms with E-state index < -0.39 is 0 Å². The molecular formula is C18H17N3O2S2. The molecule has 0 saturated heterocycles. The van der Waals surface area contributed by atoms with Crippen LogP contribution in [0.1, 0.15) is 18.4 Å². The largest absolute Gasteiger partial charge is 0.411 e. The second kappa shape index (κ2) is 7.41. The molecular weight excluding hydrogens is 354 g/mol. The van der Waals surface area contributed by atoms with Crippen LogP contribution in [0.25, 0.3) is 11.5 Å². The zero-order valence-electron chi connectivity index (χ0n) is 13.5. The molecule has 3 aromatic rings. The summed E-state index contributed by atoms with van der Waals surface area (Å²) in [7, 11) is 0. The molecule has 4 rings (SSSR count). The molecule has 0 bridgehead atoms. The molecule has 0 atom stereocenters. The Morgan fingerprint density at radius 2 is 2.08 bits per heavy atom. The molecule has 0 N–H and O–H groups in total. The second-order valence-corrected chi connectivity index (χ2v) is 7.62. The van der Waals surface area contributed by atoms with Crippen molar-refractivity contribution < 1.29 is 9.21 Å². The lowest BCUT2D eigenvalue weighted by atomic mass is 10.2. The first-order valence-electron chi connectivity index (χ1n) is 8.12. The van der Waals surface area contributed by atoms with Crippen LogP contribution in [0.15, 0.2) is 56.8 Å². The van der Waals surface area contributed by atoms with Gasteiger partial charge in [0, 0.05) is 18.2 Å². The van der Waals surface area contributed by atoms with Gasteiger partial charge in [0.1, 0.15) is 0 Å². The number of amides is 1. The zero-order chi connectivity index (χ0) is 17.1. The summed E-state index contributed by atoms with van der Waals surface area (Å²) in [6, 6.07) is 12.1. The van der Waals surface area contributed by atoms with Crippen LogP contribution in [0.5, 0.6) is 0 Å². The van der Waals surface area contributed by atoms with Gasteiger partial charge in [0.2, 0.25) is 11.8 Å². The predicted octanol–water partition coefficient (Wildman–Crippen LogP) is 4.08. The molecule has 25 heavy (non-hydrogen) atoms. The van der Waals surface area contributed by atoms with E-state index in [0.717, 1.165) is 18.4 Å². The zero-order valence-corrected chi connectivity index (χ0v) is 15.1. The Labute approximate surface area is 154 Å². The van der Waals surface area contributed by atoms with E-state index in [-0.39, 0.29) is 5.91 Å². The second-order valence-electron chi connectivity index (χ2n) is 5.91. The number of hydrogen-bond donors (Lipinski definition) is 0. The Bertz CT molecular complexity index is 829. The van der Waals surface area contributed by atoms with Crippen molar-refractivity contribution in [3.8, 4) is 11.5 Å². The van der Waals surface area contributed by atoms with E-state index in [1.54, 1.807) is 11.3 Å². The summed E-state index contributed by atoms with van der Waals surface area (Å²) in [5.41, 5.74) is 2.07. The van der Waals surface area contributed by atoms with Crippen molar-refractivity contribution in [1.29, 1.82) is 0 Å². The van der Waals surface area contributed by atoms with Gasteiger partial charge in [-0.1, -0.05) is 30.0 Å². The van der Waals surface area contributed by atoms with E-state index in [0.29, 0.717) is 29.5 Å². The van der Waals surface area contributed by atoms with Gasteiger partial charge in [0.15, 0.2) is 0 Å². The first kappa shape index (κ1) is 16.4. The van der Waals surface area contributed by atoms with Crippen LogP contribution in [0.4, 0.5) is 0 Å². The molecule has 7 heteroatoms. The van der Waals surface area contributed by atoms with Gasteiger partial charge in [-0.05, 0) is 47.4 Å². The minimum absolute atomic E-state index is 0.123. The molecule has 1 fully saturated rings. The number of nitrogens with zero attached hydrogens (tertiary/aromatic N) is 3. The molecule has 1 aliphatic carbocycles. The monoisotopic (exact) mass is 371 g/mol. The number of hydrogen-bond acceptors (Lipinski definition) is 6.